The van der Waals surface area contributed by atoms with Crippen molar-refractivity contribution in [2.24, 2.45) is 0 Å². The van der Waals surface area contributed by atoms with Gasteiger partial charge in [-0.05, 0) is 31.5 Å². The number of aryl methyl sites for hydroxylation is 1. The van der Waals surface area contributed by atoms with E-state index in [1.807, 2.05) is 13.0 Å². The lowest BCUT2D eigenvalue weighted by molar-refractivity contribution is 0.0845. The van der Waals surface area contributed by atoms with Crippen LogP contribution in [0.25, 0.3) is 0 Å². The lowest BCUT2D eigenvalue weighted by atomic mass is 10.1. The summed E-state index contributed by atoms with van der Waals surface area (Å²) in [7, 11) is 0. The van der Waals surface area contributed by atoms with Gasteiger partial charge in [-0.2, -0.15) is 4.98 Å². The Morgan fingerprint density at radius 3 is 2.67 bits per heavy atom. The zero-order valence-electron chi connectivity index (χ0n) is 14.1. The van der Waals surface area contributed by atoms with Gasteiger partial charge in [-0.3, -0.25) is 9.80 Å². The third kappa shape index (κ3) is 3.09. The number of hydrogen-bond acceptors (Lipinski definition) is 7. The molecule has 0 saturated carbocycles. The highest BCUT2D eigenvalue weighted by Crippen LogP contribution is 2.33. The molecule has 0 aliphatic carbocycles. The fraction of sp³-hybridized carbons (Fsp3) is 0.529. The Morgan fingerprint density at radius 2 is 1.92 bits per heavy atom. The van der Waals surface area contributed by atoms with Crippen LogP contribution in [-0.2, 0) is 6.54 Å². The Labute approximate surface area is 141 Å². The summed E-state index contributed by atoms with van der Waals surface area (Å²) >= 11 is 0. The van der Waals surface area contributed by atoms with Gasteiger partial charge >= 0.3 is 0 Å². The van der Waals surface area contributed by atoms with Crippen LogP contribution in [-0.4, -0.2) is 52.9 Å². The second-order valence-corrected chi connectivity index (χ2v) is 6.36. The summed E-state index contributed by atoms with van der Waals surface area (Å²) in [6.45, 7) is 9.25. The summed E-state index contributed by atoms with van der Waals surface area (Å²) < 4.78 is 16.1. The molecule has 1 aromatic carbocycles. The van der Waals surface area contributed by atoms with Crippen molar-refractivity contribution in [2.45, 2.75) is 26.4 Å². The molecule has 1 fully saturated rings. The van der Waals surface area contributed by atoms with E-state index in [-0.39, 0.29) is 6.04 Å². The number of rotatable bonds is 4. The highest BCUT2D eigenvalue weighted by atomic mass is 16.7. The van der Waals surface area contributed by atoms with Gasteiger partial charge in [0.2, 0.25) is 12.7 Å². The predicted octanol–water partition coefficient (Wildman–Crippen LogP) is 1.99. The maximum Gasteiger partial charge on any atom is 0.243 e. The maximum absolute atomic E-state index is 5.46. The zero-order chi connectivity index (χ0) is 16.5. The lowest BCUT2D eigenvalue weighted by Gasteiger charge is -2.36. The van der Waals surface area contributed by atoms with Crippen molar-refractivity contribution in [1.82, 2.24) is 19.9 Å². The minimum absolute atomic E-state index is 0.166. The molecule has 1 aromatic heterocycles. The molecule has 128 valence electrons. The molecule has 2 aliphatic heterocycles. The average Bonchev–Trinajstić information content (AvgIpc) is 3.23. The van der Waals surface area contributed by atoms with Crippen LogP contribution in [0.1, 0.15) is 30.2 Å². The average molecular weight is 330 g/mol. The molecule has 1 saturated heterocycles. The van der Waals surface area contributed by atoms with Gasteiger partial charge in [0.1, 0.15) is 0 Å². The van der Waals surface area contributed by atoms with Crippen LogP contribution in [0.5, 0.6) is 11.5 Å². The summed E-state index contributed by atoms with van der Waals surface area (Å²) in [6.07, 6.45) is 0. The first-order valence-electron chi connectivity index (χ1n) is 8.34. The topological polar surface area (TPSA) is 63.9 Å². The second kappa shape index (κ2) is 6.41. The van der Waals surface area contributed by atoms with E-state index in [0.717, 1.165) is 44.2 Å². The molecule has 0 N–H and O–H groups in total. The molecular weight excluding hydrogens is 308 g/mol. The molecule has 3 heterocycles. The SMILES string of the molecule is Cc1noc(C(C)N2CCN(Cc3ccc4c(c3)OCO4)CC2)n1. The minimum Gasteiger partial charge on any atom is -0.454 e. The molecule has 1 atom stereocenters. The van der Waals surface area contributed by atoms with E-state index >= 15 is 0 Å². The van der Waals surface area contributed by atoms with Crippen molar-refractivity contribution < 1.29 is 14.0 Å². The van der Waals surface area contributed by atoms with Crippen LogP contribution in [0.4, 0.5) is 0 Å². The fourth-order valence-corrected chi connectivity index (χ4v) is 3.25. The Morgan fingerprint density at radius 1 is 1.12 bits per heavy atom. The molecule has 2 aromatic rings. The van der Waals surface area contributed by atoms with Crippen LogP contribution in [0.2, 0.25) is 0 Å². The smallest absolute Gasteiger partial charge is 0.243 e. The van der Waals surface area contributed by atoms with Crippen molar-refractivity contribution in [2.75, 3.05) is 33.0 Å². The molecule has 4 rings (SSSR count). The number of fused-ring (bicyclic) bond motifs is 1. The summed E-state index contributed by atoms with van der Waals surface area (Å²) in [5.41, 5.74) is 1.26. The molecule has 2 aliphatic rings. The van der Waals surface area contributed by atoms with Crippen molar-refractivity contribution >= 4 is 0 Å². The monoisotopic (exact) mass is 330 g/mol. The second-order valence-electron chi connectivity index (χ2n) is 6.36. The molecular formula is C17H22N4O3. The number of piperazine rings is 1. The summed E-state index contributed by atoms with van der Waals surface area (Å²) in [4.78, 5) is 9.20. The van der Waals surface area contributed by atoms with E-state index in [9.17, 15) is 0 Å². The highest BCUT2D eigenvalue weighted by Gasteiger charge is 2.25. The van der Waals surface area contributed by atoms with Gasteiger partial charge in [-0.1, -0.05) is 11.2 Å². The molecule has 7 nitrogen and oxygen atoms in total. The van der Waals surface area contributed by atoms with Gasteiger partial charge in [0.05, 0.1) is 6.04 Å². The van der Waals surface area contributed by atoms with Crippen LogP contribution in [0.3, 0.4) is 0 Å². The van der Waals surface area contributed by atoms with E-state index < -0.39 is 0 Å². The van der Waals surface area contributed by atoms with Crippen molar-refractivity contribution in [3.8, 4) is 11.5 Å². The molecule has 1 unspecified atom stereocenters. The summed E-state index contributed by atoms with van der Waals surface area (Å²) in [5, 5.41) is 3.89. The Hall–Kier alpha value is -2.12. The van der Waals surface area contributed by atoms with Gasteiger partial charge < -0.3 is 14.0 Å². The first-order chi connectivity index (χ1) is 11.7. The lowest BCUT2D eigenvalue weighted by Crippen LogP contribution is -2.46. The molecule has 0 spiro atoms. The number of nitrogens with zero attached hydrogens (tertiary/aromatic N) is 4. The van der Waals surface area contributed by atoms with Crippen LogP contribution in [0, 0.1) is 6.92 Å². The molecule has 24 heavy (non-hydrogen) atoms. The predicted molar refractivity (Wildman–Crippen MR) is 86.9 cm³/mol. The maximum atomic E-state index is 5.46. The van der Waals surface area contributed by atoms with Gasteiger partial charge in [-0.15, -0.1) is 0 Å². The molecule has 7 heteroatoms. The van der Waals surface area contributed by atoms with Crippen LogP contribution in [0.15, 0.2) is 22.7 Å². The normalized spacial score (nSPS) is 19.6. The Kier molecular flexibility index (Phi) is 4.12. The number of hydrogen-bond donors (Lipinski definition) is 0. The van der Waals surface area contributed by atoms with Crippen LogP contribution < -0.4 is 9.47 Å². The largest absolute Gasteiger partial charge is 0.454 e. The van der Waals surface area contributed by atoms with E-state index in [1.54, 1.807) is 0 Å². The molecule has 0 radical (unpaired) electrons. The van der Waals surface area contributed by atoms with Crippen LogP contribution >= 0.6 is 0 Å². The number of aromatic nitrogens is 2. The minimum atomic E-state index is 0.166. The Balaban J connectivity index is 1.33. The van der Waals surface area contributed by atoms with Gasteiger partial charge in [0, 0.05) is 32.7 Å². The summed E-state index contributed by atoms with van der Waals surface area (Å²) in [5.74, 6) is 3.09. The van der Waals surface area contributed by atoms with Crippen molar-refractivity contribution in [3.05, 3.63) is 35.5 Å². The Bertz CT molecular complexity index is 710. The zero-order valence-corrected chi connectivity index (χ0v) is 14.1. The third-order valence-corrected chi connectivity index (χ3v) is 4.70. The first kappa shape index (κ1) is 15.4. The van der Waals surface area contributed by atoms with E-state index in [2.05, 4.69) is 39.0 Å². The van der Waals surface area contributed by atoms with Gasteiger partial charge in [0.15, 0.2) is 17.3 Å². The standard InChI is InChI=1S/C17H22N4O3/c1-12(17-18-13(2)19-24-17)21-7-5-20(6-8-21)10-14-3-4-15-16(9-14)23-11-22-15/h3-4,9,12H,5-8,10-11H2,1-2H3. The van der Waals surface area contributed by atoms with Crippen molar-refractivity contribution in [1.29, 1.82) is 0 Å². The van der Waals surface area contributed by atoms with Crippen molar-refractivity contribution in [3.63, 3.8) is 0 Å². The van der Waals surface area contributed by atoms with E-state index in [1.165, 1.54) is 5.56 Å². The number of ether oxygens (including phenoxy) is 2. The highest BCUT2D eigenvalue weighted by molar-refractivity contribution is 5.44. The van der Waals surface area contributed by atoms with E-state index in [4.69, 9.17) is 14.0 Å². The summed E-state index contributed by atoms with van der Waals surface area (Å²) in [6, 6.07) is 6.36. The quantitative estimate of drug-likeness (QED) is 0.849. The third-order valence-electron chi connectivity index (χ3n) is 4.70. The fourth-order valence-electron chi connectivity index (χ4n) is 3.25. The first-order valence-corrected chi connectivity index (χ1v) is 8.34. The number of benzene rings is 1. The van der Waals surface area contributed by atoms with E-state index in [0.29, 0.717) is 18.5 Å². The van der Waals surface area contributed by atoms with Gasteiger partial charge in [-0.25, -0.2) is 0 Å². The molecule has 0 amide bonds. The molecule has 0 bridgehead atoms. The van der Waals surface area contributed by atoms with Gasteiger partial charge in [0.25, 0.3) is 0 Å².